The van der Waals surface area contributed by atoms with Gasteiger partial charge in [0.1, 0.15) is 5.54 Å². The van der Waals surface area contributed by atoms with Crippen molar-refractivity contribution in [2.24, 2.45) is 5.92 Å². The van der Waals surface area contributed by atoms with Crippen molar-refractivity contribution in [2.45, 2.75) is 39.7 Å². The summed E-state index contributed by atoms with van der Waals surface area (Å²) in [4.78, 5) is 14.0. The zero-order valence-corrected chi connectivity index (χ0v) is 12.2. The van der Waals surface area contributed by atoms with Crippen LogP contribution in [0.2, 0.25) is 0 Å². The molecule has 0 aliphatic heterocycles. The summed E-state index contributed by atoms with van der Waals surface area (Å²) in [7, 11) is 3.48. The summed E-state index contributed by atoms with van der Waals surface area (Å²) >= 11 is 0. The Morgan fingerprint density at radius 2 is 2.06 bits per heavy atom. The van der Waals surface area contributed by atoms with Crippen molar-refractivity contribution in [3.8, 4) is 0 Å². The summed E-state index contributed by atoms with van der Waals surface area (Å²) in [5, 5.41) is 3.22. The van der Waals surface area contributed by atoms with Crippen LogP contribution in [0.4, 0.5) is 0 Å². The van der Waals surface area contributed by atoms with Gasteiger partial charge in [-0.15, -0.1) is 0 Å². The van der Waals surface area contributed by atoms with Gasteiger partial charge in [0.05, 0.1) is 7.11 Å². The molecule has 102 valence electrons. The zero-order valence-electron chi connectivity index (χ0n) is 12.2. The fourth-order valence-corrected chi connectivity index (χ4v) is 2.07. The van der Waals surface area contributed by atoms with Gasteiger partial charge in [-0.2, -0.15) is 0 Å². The molecule has 0 aliphatic carbocycles. The molecule has 0 spiro atoms. The van der Waals surface area contributed by atoms with E-state index < -0.39 is 5.54 Å². The maximum absolute atomic E-state index is 11.8. The topological polar surface area (TPSA) is 41.6 Å². The fraction of sp³-hybridized carbons (Fsp3) is 0.923. The molecule has 0 fully saturated rings. The third kappa shape index (κ3) is 5.50. The van der Waals surface area contributed by atoms with Crippen LogP contribution in [0.1, 0.15) is 34.1 Å². The number of ether oxygens (including phenoxy) is 1. The molecule has 4 nitrogen and oxygen atoms in total. The van der Waals surface area contributed by atoms with E-state index in [4.69, 9.17) is 4.74 Å². The Labute approximate surface area is 106 Å². The zero-order chi connectivity index (χ0) is 13.5. The summed E-state index contributed by atoms with van der Waals surface area (Å²) in [6.45, 7) is 10.7. The van der Waals surface area contributed by atoms with Crippen molar-refractivity contribution >= 4 is 5.97 Å². The standard InChI is InChI=1S/C13H28N2O2/c1-7-11(3)9-15(5)10-13(4,14-8-2)12(16)17-6/h11,14H,7-10H2,1-6H3. The van der Waals surface area contributed by atoms with Crippen LogP contribution >= 0.6 is 0 Å². The van der Waals surface area contributed by atoms with E-state index >= 15 is 0 Å². The van der Waals surface area contributed by atoms with Crippen LogP contribution < -0.4 is 5.32 Å². The largest absolute Gasteiger partial charge is 0.468 e. The lowest BCUT2D eigenvalue weighted by molar-refractivity contribution is -0.148. The van der Waals surface area contributed by atoms with Gasteiger partial charge < -0.3 is 15.0 Å². The Morgan fingerprint density at radius 3 is 2.47 bits per heavy atom. The molecule has 0 radical (unpaired) electrons. The first-order valence-corrected chi connectivity index (χ1v) is 6.41. The van der Waals surface area contributed by atoms with Gasteiger partial charge in [0.15, 0.2) is 0 Å². The van der Waals surface area contributed by atoms with E-state index in [-0.39, 0.29) is 5.97 Å². The highest BCUT2D eigenvalue weighted by atomic mass is 16.5. The maximum atomic E-state index is 11.8. The lowest BCUT2D eigenvalue weighted by Crippen LogP contribution is -2.57. The number of carbonyl (C=O) groups excluding carboxylic acids is 1. The Kier molecular flexibility index (Phi) is 7.39. The van der Waals surface area contributed by atoms with Gasteiger partial charge in [-0.1, -0.05) is 27.2 Å². The van der Waals surface area contributed by atoms with Gasteiger partial charge in [0, 0.05) is 13.1 Å². The first kappa shape index (κ1) is 16.4. The number of rotatable bonds is 8. The minimum Gasteiger partial charge on any atom is -0.468 e. The summed E-state index contributed by atoms with van der Waals surface area (Å²) in [6.07, 6.45) is 1.15. The summed E-state index contributed by atoms with van der Waals surface area (Å²) in [5.41, 5.74) is -0.619. The van der Waals surface area contributed by atoms with Crippen molar-refractivity contribution in [1.82, 2.24) is 10.2 Å². The van der Waals surface area contributed by atoms with Gasteiger partial charge in [0.25, 0.3) is 0 Å². The smallest absolute Gasteiger partial charge is 0.327 e. The molecule has 0 aromatic heterocycles. The van der Waals surface area contributed by atoms with Crippen molar-refractivity contribution < 1.29 is 9.53 Å². The predicted octanol–water partition coefficient (Wildman–Crippen LogP) is 1.51. The van der Waals surface area contributed by atoms with Gasteiger partial charge in [-0.3, -0.25) is 4.79 Å². The fourth-order valence-electron chi connectivity index (χ4n) is 2.07. The van der Waals surface area contributed by atoms with E-state index in [0.29, 0.717) is 12.5 Å². The Hall–Kier alpha value is -0.610. The van der Waals surface area contributed by atoms with Gasteiger partial charge in [-0.25, -0.2) is 0 Å². The molecule has 0 amide bonds. The number of nitrogens with one attached hydrogen (secondary N) is 1. The summed E-state index contributed by atoms with van der Waals surface area (Å²) in [5.74, 6) is 0.443. The number of hydrogen-bond donors (Lipinski definition) is 1. The highest BCUT2D eigenvalue weighted by Gasteiger charge is 2.34. The van der Waals surface area contributed by atoms with E-state index in [1.54, 1.807) is 0 Å². The molecule has 2 unspecified atom stereocenters. The lowest BCUT2D eigenvalue weighted by atomic mass is 10.0. The summed E-state index contributed by atoms with van der Waals surface area (Å²) < 4.78 is 4.87. The molecule has 1 N–H and O–H groups in total. The third-order valence-electron chi connectivity index (χ3n) is 3.11. The Morgan fingerprint density at radius 1 is 1.47 bits per heavy atom. The van der Waals surface area contributed by atoms with E-state index in [1.165, 1.54) is 7.11 Å². The monoisotopic (exact) mass is 244 g/mol. The average molecular weight is 244 g/mol. The molecule has 0 saturated heterocycles. The second-order valence-electron chi connectivity index (χ2n) is 5.06. The quantitative estimate of drug-likeness (QED) is 0.657. The molecule has 0 aromatic carbocycles. The number of nitrogens with zero attached hydrogens (tertiary/aromatic N) is 1. The number of carbonyl (C=O) groups is 1. The molecular weight excluding hydrogens is 216 g/mol. The predicted molar refractivity (Wildman–Crippen MR) is 71.0 cm³/mol. The first-order chi connectivity index (χ1) is 7.89. The van der Waals surface area contributed by atoms with Crippen LogP contribution in [-0.2, 0) is 9.53 Å². The van der Waals surface area contributed by atoms with E-state index in [9.17, 15) is 4.79 Å². The molecule has 17 heavy (non-hydrogen) atoms. The minimum absolute atomic E-state index is 0.199. The normalized spacial score (nSPS) is 16.6. The Bertz CT molecular complexity index is 233. The van der Waals surface area contributed by atoms with Crippen LogP contribution in [-0.4, -0.2) is 50.2 Å². The SMILES string of the molecule is CCNC(C)(CN(C)CC(C)CC)C(=O)OC. The van der Waals surface area contributed by atoms with Gasteiger partial charge >= 0.3 is 5.97 Å². The van der Waals surface area contributed by atoms with Crippen LogP contribution in [0.15, 0.2) is 0 Å². The number of esters is 1. The van der Waals surface area contributed by atoms with E-state index in [0.717, 1.165) is 19.5 Å². The minimum atomic E-state index is -0.619. The number of hydrogen-bond acceptors (Lipinski definition) is 4. The van der Waals surface area contributed by atoms with Crippen molar-refractivity contribution in [2.75, 3.05) is 33.8 Å². The van der Waals surface area contributed by atoms with Crippen molar-refractivity contribution in [1.29, 1.82) is 0 Å². The second kappa shape index (κ2) is 7.67. The molecule has 0 rings (SSSR count). The Balaban J connectivity index is 4.48. The number of methoxy groups -OCH3 is 1. The van der Waals surface area contributed by atoms with Crippen molar-refractivity contribution in [3.05, 3.63) is 0 Å². The molecule has 0 saturated carbocycles. The van der Waals surface area contributed by atoms with Crippen LogP contribution in [0.3, 0.4) is 0 Å². The molecular formula is C13H28N2O2. The molecule has 4 heteroatoms. The van der Waals surface area contributed by atoms with Crippen LogP contribution in [0, 0.1) is 5.92 Å². The molecule has 2 atom stereocenters. The van der Waals surface area contributed by atoms with E-state index in [1.807, 2.05) is 20.9 Å². The molecule has 0 aliphatic rings. The van der Waals surface area contributed by atoms with Crippen LogP contribution in [0.25, 0.3) is 0 Å². The van der Waals surface area contributed by atoms with Gasteiger partial charge in [-0.05, 0) is 26.4 Å². The summed E-state index contributed by atoms with van der Waals surface area (Å²) in [6, 6.07) is 0. The average Bonchev–Trinajstić information content (AvgIpc) is 2.27. The molecule has 0 bridgehead atoms. The first-order valence-electron chi connectivity index (χ1n) is 6.41. The second-order valence-corrected chi connectivity index (χ2v) is 5.06. The van der Waals surface area contributed by atoms with E-state index in [2.05, 4.69) is 24.1 Å². The highest BCUT2D eigenvalue weighted by Crippen LogP contribution is 2.11. The number of likely N-dealkylation sites (N-methyl/N-ethyl adjacent to an activating group) is 2. The van der Waals surface area contributed by atoms with Crippen molar-refractivity contribution in [3.63, 3.8) is 0 Å². The van der Waals surface area contributed by atoms with Gasteiger partial charge in [0.2, 0.25) is 0 Å². The maximum Gasteiger partial charge on any atom is 0.327 e. The van der Waals surface area contributed by atoms with Crippen LogP contribution in [0.5, 0.6) is 0 Å². The third-order valence-corrected chi connectivity index (χ3v) is 3.11. The molecule has 0 heterocycles. The lowest BCUT2D eigenvalue weighted by Gasteiger charge is -2.33. The molecule has 0 aromatic rings. The highest BCUT2D eigenvalue weighted by molar-refractivity contribution is 5.80.